The Morgan fingerprint density at radius 1 is 1.50 bits per heavy atom. The van der Waals surface area contributed by atoms with E-state index in [2.05, 4.69) is 19.1 Å². The van der Waals surface area contributed by atoms with Crippen molar-refractivity contribution in [1.29, 1.82) is 0 Å². The predicted molar refractivity (Wildman–Crippen MR) is 62.8 cm³/mol. The number of hydrogen-bond acceptors (Lipinski definition) is 2. The Labute approximate surface area is 97.1 Å². The second kappa shape index (κ2) is 5.00. The molecule has 1 heterocycles. The van der Waals surface area contributed by atoms with E-state index in [9.17, 15) is 9.90 Å². The first-order chi connectivity index (χ1) is 7.72. The van der Waals surface area contributed by atoms with E-state index >= 15 is 0 Å². The Hall–Kier alpha value is -0.830. The Morgan fingerprint density at radius 3 is 2.94 bits per heavy atom. The van der Waals surface area contributed by atoms with Gasteiger partial charge in [0.2, 0.25) is 5.91 Å². The van der Waals surface area contributed by atoms with Gasteiger partial charge >= 0.3 is 0 Å². The Bertz CT molecular complexity index is 288. The number of carbonyl (C=O) groups is 1. The lowest BCUT2D eigenvalue weighted by molar-refractivity contribution is -0.133. The van der Waals surface area contributed by atoms with Crippen molar-refractivity contribution in [2.45, 2.75) is 38.6 Å². The smallest absolute Gasteiger partial charge is 0.223 e. The van der Waals surface area contributed by atoms with E-state index in [1.54, 1.807) is 0 Å². The van der Waals surface area contributed by atoms with Crippen molar-refractivity contribution in [2.75, 3.05) is 13.2 Å². The molecule has 1 N–H and O–H groups in total. The summed E-state index contributed by atoms with van der Waals surface area (Å²) in [5.74, 6) is 1.09. The number of carbonyl (C=O) groups excluding carboxylic acids is 1. The normalized spacial score (nSPS) is 33.6. The van der Waals surface area contributed by atoms with Crippen molar-refractivity contribution in [3.8, 4) is 0 Å². The van der Waals surface area contributed by atoms with Gasteiger partial charge in [0.05, 0.1) is 12.6 Å². The molecule has 0 radical (unpaired) electrons. The van der Waals surface area contributed by atoms with E-state index in [4.69, 9.17) is 0 Å². The number of allylic oxidation sites excluding steroid dienone is 2. The molecule has 0 saturated carbocycles. The molecular weight excluding hydrogens is 202 g/mol. The maximum Gasteiger partial charge on any atom is 0.223 e. The zero-order valence-corrected chi connectivity index (χ0v) is 9.93. The van der Waals surface area contributed by atoms with Crippen LogP contribution in [0.5, 0.6) is 0 Å². The molecule has 3 heteroatoms. The number of nitrogens with zero attached hydrogens (tertiary/aromatic N) is 1. The Kier molecular flexibility index (Phi) is 3.64. The van der Waals surface area contributed by atoms with E-state index in [1.165, 1.54) is 0 Å². The highest BCUT2D eigenvalue weighted by atomic mass is 16.3. The van der Waals surface area contributed by atoms with E-state index in [0.29, 0.717) is 18.3 Å². The summed E-state index contributed by atoms with van der Waals surface area (Å²) >= 11 is 0. The van der Waals surface area contributed by atoms with Crippen LogP contribution in [0.15, 0.2) is 12.2 Å². The molecule has 0 bridgehead atoms. The number of rotatable bonds is 3. The molecule has 0 aromatic carbocycles. The van der Waals surface area contributed by atoms with Gasteiger partial charge in [-0.2, -0.15) is 0 Å². The molecule has 2 aliphatic rings. The van der Waals surface area contributed by atoms with Gasteiger partial charge in [-0.05, 0) is 31.1 Å². The van der Waals surface area contributed by atoms with Crippen molar-refractivity contribution in [1.82, 2.24) is 4.90 Å². The summed E-state index contributed by atoms with van der Waals surface area (Å²) in [6.45, 7) is 3.04. The minimum Gasteiger partial charge on any atom is -0.394 e. The van der Waals surface area contributed by atoms with Gasteiger partial charge in [0.15, 0.2) is 0 Å². The van der Waals surface area contributed by atoms with E-state index in [0.717, 1.165) is 25.8 Å². The first-order valence-electron chi connectivity index (χ1n) is 6.29. The van der Waals surface area contributed by atoms with Crippen LogP contribution in [0.2, 0.25) is 0 Å². The summed E-state index contributed by atoms with van der Waals surface area (Å²) < 4.78 is 0. The molecule has 3 unspecified atom stereocenters. The fraction of sp³-hybridized carbons (Fsp3) is 0.769. The molecule has 3 nitrogen and oxygen atoms in total. The number of likely N-dealkylation sites (tertiary alicyclic amines) is 1. The van der Waals surface area contributed by atoms with Gasteiger partial charge in [0.1, 0.15) is 0 Å². The molecule has 2 rings (SSSR count). The van der Waals surface area contributed by atoms with Crippen molar-refractivity contribution < 1.29 is 9.90 Å². The summed E-state index contributed by atoms with van der Waals surface area (Å²) in [4.78, 5) is 14.0. The minimum atomic E-state index is 0.0536. The number of aliphatic hydroxyl groups is 1. The third-order valence-electron chi connectivity index (χ3n) is 3.94. The quantitative estimate of drug-likeness (QED) is 0.738. The third-order valence-corrected chi connectivity index (χ3v) is 3.94. The van der Waals surface area contributed by atoms with Gasteiger partial charge in [0, 0.05) is 13.0 Å². The van der Waals surface area contributed by atoms with Crippen LogP contribution >= 0.6 is 0 Å². The second-order valence-corrected chi connectivity index (χ2v) is 5.07. The van der Waals surface area contributed by atoms with Crippen LogP contribution in [0.4, 0.5) is 0 Å². The molecule has 0 spiro atoms. The maximum absolute atomic E-state index is 12.1. The molecular formula is C13H21NO2. The lowest BCUT2D eigenvalue weighted by Crippen LogP contribution is -2.40. The fourth-order valence-electron chi connectivity index (χ4n) is 2.80. The average Bonchev–Trinajstić information content (AvgIpc) is 2.87. The standard InChI is InChI=1S/C13H21NO2/c1-10-6-7-14(12(10)9-15)13(16)8-11-4-2-3-5-11/h2,4,10-12,15H,3,5-9H2,1H3. The molecule has 1 aliphatic carbocycles. The predicted octanol–water partition coefficient (Wildman–Crippen LogP) is 1.57. The molecule has 1 aliphatic heterocycles. The molecule has 1 amide bonds. The molecule has 0 aromatic heterocycles. The zero-order valence-electron chi connectivity index (χ0n) is 9.93. The Morgan fingerprint density at radius 2 is 2.31 bits per heavy atom. The zero-order chi connectivity index (χ0) is 11.5. The van der Waals surface area contributed by atoms with Gasteiger partial charge in [0.25, 0.3) is 0 Å². The molecule has 16 heavy (non-hydrogen) atoms. The van der Waals surface area contributed by atoms with Gasteiger partial charge in [-0.3, -0.25) is 4.79 Å². The van der Waals surface area contributed by atoms with Crippen molar-refractivity contribution >= 4 is 5.91 Å². The van der Waals surface area contributed by atoms with Crippen LogP contribution in [-0.4, -0.2) is 35.1 Å². The summed E-state index contributed by atoms with van der Waals surface area (Å²) in [6.07, 6.45) is 8.19. The monoisotopic (exact) mass is 223 g/mol. The lowest BCUT2D eigenvalue weighted by atomic mass is 10.0. The van der Waals surface area contributed by atoms with E-state index < -0.39 is 0 Å². The summed E-state index contributed by atoms with van der Waals surface area (Å²) in [5, 5.41) is 9.31. The first-order valence-corrected chi connectivity index (χ1v) is 6.29. The van der Waals surface area contributed by atoms with Crippen molar-refractivity contribution in [3.05, 3.63) is 12.2 Å². The lowest BCUT2D eigenvalue weighted by Gasteiger charge is -2.26. The number of aliphatic hydroxyl groups excluding tert-OH is 1. The molecule has 1 saturated heterocycles. The number of amides is 1. The molecule has 90 valence electrons. The van der Waals surface area contributed by atoms with Crippen molar-refractivity contribution in [2.24, 2.45) is 11.8 Å². The molecule has 3 atom stereocenters. The fourth-order valence-corrected chi connectivity index (χ4v) is 2.80. The highest BCUT2D eigenvalue weighted by molar-refractivity contribution is 5.77. The maximum atomic E-state index is 12.1. The largest absolute Gasteiger partial charge is 0.394 e. The van der Waals surface area contributed by atoms with Crippen LogP contribution in [0.25, 0.3) is 0 Å². The van der Waals surface area contributed by atoms with Crippen LogP contribution in [0.1, 0.15) is 32.6 Å². The summed E-state index contributed by atoms with van der Waals surface area (Å²) in [5.41, 5.74) is 0. The summed E-state index contributed by atoms with van der Waals surface area (Å²) in [7, 11) is 0. The van der Waals surface area contributed by atoms with Gasteiger partial charge in [-0.15, -0.1) is 0 Å². The van der Waals surface area contributed by atoms with E-state index in [-0.39, 0.29) is 18.6 Å². The van der Waals surface area contributed by atoms with Gasteiger partial charge < -0.3 is 10.0 Å². The van der Waals surface area contributed by atoms with Crippen LogP contribution < -0.4 is 0 Å². The second-order valence-electron chi connectivity index (χ2n) is 5.07. The highest BCUT2D eigenvalue weighted by Crippen LogP contribution is 2.27. The highest BCUT2D eigenvalue weighted by Gasteiger charge is 2.34. The number of hydrogen-bond donors (Lipinski definition) is 1. The topological polar surface area (TPSA) is 40.5 Å². The summed E-state index contributed by atoms with van der Waals surface area (Å²) in [6, 6.07) is 0.0536. The SMILES string of the molecule is CC1CCN(C(=O)CC2C=CCC2)C1CO. The third kappa shape index (κ3) is 2.29. The van der Waals surface area contributed by atoms with Gasteiger partial charge in [-0.25, -0.2) is 0 Å². The minimum absolute atomic E-state index is 0.0536. The average molecular weight is 223 g/mol. The van der Waals surface area contributed by atoms with E-state index in [1.807, 2.05) is 4.90 Å². The van der Waals surface area contributed by atoms with Crippen LogP contribution in [-0.2, 0) is 4.79 Å². The molecule has 1 fully saturated rings. The first kappa shape index (κ1) is 11.6. The van der Waals surface area contributed by atoms with Crippen LogP contribution in [0, 0.1) is 11.8 Å². The molecule has 0 aromatic rings. The van der Waals surface area contributed by atoms with Gasteiger partial charge in [-0.1, -0.05) is 19.1 Å². The van der Waals surface area contributed by atoms with Crippen molar-refractivity contribution in [3.63, 3.8) is 0 Å². The Balaban J connectivity index is 1.91. The van der Waals surface area contributed by atoms with Crippen LogP contribution in [0.3, 0.4) is 0 Å².